The van der Waals surface area contributed by atoms with Gasteiger partial charge in [-0.2, -0.15) is 5.26 Å². The molecular formula is C19H20N2O5. The zero-order valence-corrected chi connectivity index (χ0v) is 15.0. The fourth-order valence-corrected chi connectivity index (χ4v) is 2.81. The molecule has 7 heteroatoms. The van der Waals surface area contributed by atoms with Crippen LogP contribution in [0.15, 0.2) is 35.6 Å². The Hall–Kier alpha value is -3.14. The smallest absolute Gasteiger partial charge is 0.338 e. The summed E-state index contributed by atoms with van der Waals surface area (Å²) in [6.45, 7) is 5.01. The van der Waals surface area contributed by atoms with Crippen LogP contribution in [0.3, 0.4) is 0 Å². The minimum atomic E-state index is -0.975. The third-order valence-electron chi connectivity index (χ3n) is 3.96. The molecule has 1 heterocycles. The van der Waals surface area contributed by atoms with Gasteiger partial charge in [0.1, 0.15) is 11.7 Å². The molecule has 26 heavy (non-hydrogen) atoms. The molecule has 0 aliphatic carbocycles. The number of hydrogen-bond acceptors (Lipinski definition) is 7. The van der Waals surface area contributed by atoms with Crippen molar-refractivity contribution in [2.24, 2.45) is 5.92 Å². The second-order valence-corrected chi connectivity index (χ2v) is 6.09. The maximum atomic E-state index is 12.6. The van der Waals surface area contributed by atoms with Gasteiger partial charge in [-0.05, 0) is 38.5 Å². The van der Waals surface area contributed by atoms with Gasteiger partial charge in [0.15, 0.2) is 0 Å². The highest BCUT2D eigenvalue weighted by Gasteiger charge is 2.41. The van der Waals surface area contributed by atoms with E-state index in [1.165, 1.54) is 7.11 Å². The summed E-state index contributed by atoms with van der Waals surface area (Å²) in [5.41, 5.74) is 1.15. The first-order valence-electron chi connectivity index (χ1n) is 8.06. The summed E-state index contributed by atoms with van der Waals surface area (Å²) >= 11 is 0. The molecule has 1 N–H and O–H groups in total. The van der Waals surface area contributed by atoms with Crippen molar-refractivity contribution < 1.29 is 23.8 Å². The molecule has 1 aliphatic rings. The lowest BCUT2D eigenvalue weighted by Crippen LogP contribution is -2.33. The van der Waals surface area contributed by atoms with E-state index in [1.54, 1.807) is 45.0 Å². The molecule has 0 saturated heterocycles. The topological polar surface area (TPSA) is 109 Å². The molecule has 2 rings (SSSR count). The summed E-state index contributed by atoms with van der Waals surface area (Å²) in [6.07, 6.45) is -0.341. The van der Waals surface area contributed by atoms with Crippen LogP contribution in [-0.2, 0) is 19.0 Å². The van der Waals surface area contributed by atoms with Crippen LogP contribution in [0.1, 0.15) is 42.6 Å². The maximum Gasteiger partial charge on any atom is 0.338 e. The molecule has 136 valence electrons. The predicted octanol–water partition coefficient (Wildman–Crippen LogP) is 2.93. The first kappa shape index (κ1) is 19.2. The van der Waals surface area contributed by atoms with Gasteiger partial charge in [0.05, 0.1) is 30.4 Å². The molecule has 2 unspecified atom stereocenters. The Bertz CT molecular complexity index is 802. The number of allylic oxidation sites excluding steroid dienone is 1. The third-order valence-corrected chi connectivity index (χ3v) is 3.96. The lowest BCUT2D eigenvalue weighted by molar-refractivity contribution is -0.143. The van der Waals surface area contributed by atoms with Gasteiger partial charge in [0.2, 0.25) is 5.90 Å². The molecule has 0 spiro atoms. The number of hydrogen-bond donors (Lipinski definition) is 1. The minimum absolute atomic E-state index is 0.201. The number of nitriles is 1. The molecule has 0 amide bonds. The van der Waals surface area contributed by atoms with Crippen LogP contribution in [0.25, 0.3) is 0 Å². The summed E-state index contributed by atoms with van der Waals surface area (Å²) in [7, 11) is 1.29. The van der Waals surface area contributed by atoms with Crippen molar-refractivity contribution in [3.63, 3.8) is 0 Å². The number of carbonyl (C=O) groups excluding carboxylic acids is 2. The van der Waals surface area contributed by atoms with Crippen molar-refractivity contribution in [2.45, 2.75) is 32.8 Å². The van der Waals surface area contributed by atoms with Crippen molar-refractivity contribution >= 4 is 17.8 Å². The van der Waals surface area contributed by atoms with Crippen LogP contribution in [0.5, 0.6) is 0 Å². The fraction of sp³-hybridized carbons (Fsp3) is 0.368. The zero-order chi connectivity index (χ0) is 19.4. The van der Waals surface area contributed by atoms with E-state index in [1.807, 2.05) is 6.07 Å². The highest BCUT2D eigenvalue weighted by molar-refractivity contribution is 5.96. The number of ether oxygens (including phenoxy) is 3. The van der Waals surface area contributed by atoms with Gasteiger partial charge >= 0.3 is 11.9 Å². The number of nitrogens with one attached hydrogen (secondary N) is 1. The summed E-state index contributed by atoms with van der Waals surface area (Å²) in [4.78, 5) is 24.2. The van der Waals surface area contributed by atoms with Crippen LogP contribution in [0, 0.1) is 22.7 Å². The normalized spacial score (nSPS) is 19.6. The molecule has 1 aromatic carbocycles. The molecular weight excluding hydrogens is 336 g/mol. The van der Waals surface area contributed by atoms with Gasteiger partial charge in [0.25, 0.3) is 0 Å². The van der Waals surface area contributed by atoms with E-state index in [9.17, 15) is 14.9 Å². The Balaban J connectivity index is 2.53. The van der Waals surface area contributed by atoms with E-state index >= 15 is 0 Å². The van der Waals surface area contributed by atoms with E-state index in [0.29, 0.717) is 11.1 Å². The van der Waals surface area contributed by atoms with Crippen molar-refractivity contribution in [2.75, 3.05) is 7.11 Å². The number of rotatable bonds is 4. The van der Waals surface area contributed by atoms with E-state index in [2.05, 4.69) is 4.74 Å². The molecule has 1 aromatic rings. The van der Waals surface area contributed by atoms with Crippen LogP contribution in [-0.4, -0.2) is 31.1 Å². The molecule has 1 aliphatic heterocycles. The Morgan fingerprint density at radius 1 is 1.23 bits per heavy atom. The quantitative estimate of drug-likeness (QED) is 0.831. The molecule has 0 bridgehead atoms. The number of methoxy groups -OCH3 is 1. The average molecular weight is 356 g/mol. The maximum absolute atomic E-state index is 12.6. The van der Waals surface area contributed by atoms with Gasteiger partial charge in [-0.25, -0.2) is 9.59 Å². The summed E-state index contributed by atoms with van der Waals surface area (Å²) in [5, 5.41) is 17.5. The van der Waals surface area contributed by atoms with Crippen LogP contribution in [0.2, 0.25) is 0 Å². The van der Waals surface area contributed by atoms with E-state index < -0.39 is 23.8 Å². The average Bonchev–Trinajstić information content (AvgIpc) is 2.59. The SMILES string of the molecule is COC(=O)c1ccc(C2C(C(=O)OC(C)C)=C(C)OC(=N)C2C#N)cc1. The molecule has 7 nitrogen and oxygen atoms in total. The van der Waals surface area contributed by atoms with Gasteiger partial charge in [-0.3, -0.25) is 5.41 Å². The van der Waals surface area contributed by atoms with Crippen molar-refractivity contribution in [1.29, 1.82) is 10.7 Å². The van der Waals surface area contributed by atoms with E-state index in [4.69, 9.17) is 14.9 Å². The molecule has 0 saturated carbocycles. The number of nitrogens with zero attached hydrogens (tertiary/aromatic N) is 1. The van der Waals surface area contributed by atoms with Crippen molar-refractivity contribution in [3.8, 4) is 6.07 Å². The first-order valence-corrected chi connectivity index (χ1v) is 8.06. The highest BCUT2D eigenvalue weighted by atomic mass is 16.5. The fourth-order valence-electron chi connectivity index (χ4n) is 2.81. The minimum Gasteiger partial charge on any atom is -0.465 e. The largest absolute Gasteiger partial charge is 0.465 e. The summed E-state index contributed by atoms with van der Waals surface area (Å²) in [6, 6.07) is 8.40. The summed E-state index contributed by atoms with van der Waals surface area (Å²) < 4.78 is 15.3. The molecule has 0 aromatic heterocycles. The van der Waals surface area contributed by atoms with Gasteiger partial charge in [-0.1, -0.05) is 12.1 Å². The van der Waals surface area contributed by atoms with Crippen LogP contribution < -0.4 is 0 Å². The monoisotopic (exact) mass is 356 g/mol. The van der Waals surface area contributed by atoms with Gasteiger partial charge in [-0.15, -0.1) is 0 Å². The molecule has 0 radical (unpaired) electrons. The Labute approximate surface area is 151 Å². The Kier molecular flexibility index (Phi) is 5.78. The van der Waals surface area contributed by atoms with E-state index in [-0.39, 0.29) is 23.3 Å². The zero-order valence-electron chi connectivity index (χ0n) is 15.0. The second-order valence-electron chi connectivity index (χ2n) is 6.09. The Morgan fingerprint density at radius 2 is 1.85 bits per heavy atom. The summed E-state index contributed by atoms with van der Waals surface area (Å²) in [5.74, 6) is -2.77. The number of esters is 2. The van der Waals surface area contributed by atoms with Gasteiger partial charge in [0, 0.05) is 5.92 Å². The molecule has 0 fully saturated rings. The van der Waals surface area contributed by atoms with Crippen LogP contribution in [0.4, 0.5) is 0 Å². The highest BCUT2D eigenvalue weighted by Crippen LogP contribution is 2.39. The standard InChI is InChI=1S/C19H20N2O5/c1-10(2)25-19(23)15-11(3)26-17(21)14(9-20)16(15)12-5-7-13(8-6-12)18(22)24-4/h5-8,10,14,16,21H,1-4H3. The second kappa shape index (κ2) is 7.83. The molecule has 2 atom stereocenters. The van der Waals surface area contributed by atoms with Crippen molar-refractivity contribution in [3.05, 3.63) is 46.7 Å². The van der Waals surface area contributed by atoms with Gasteiger partial charge < -0.3 is 14.2 Å². The van der Waals surface area contributed by atoms with Crippen LogP contribution >= 0.6 is 0 Å². The number of benzene rings is 1. The first-order chi connectivity index (χ1) is 12.3. The predicted molar refractivity (Wildman–Crippen MR) is 92.4 cm³/mol. The third kappa shape index (κ3) is 3.75. The van der Waals surface area contributed by atoms with Crippen molar-refractivity contribution in [1.82, 2.24) is 0 Å². The number of carbonyl (C=O) groups is 2. The van der Waals surface area contributed by atoms with E-state index in [0.717, 1.165) is 0 Å². The lowest BCUT2D eigenvalue weighted by atomic mass is 9.78. The Morgan fingerprint density at radius 3 is 2.35 bits per heavy atom. The lowest BCUT2D eigenvalue weighted by Gasteiger charge is -2.31.